The summed E-state index contributed by atoms with van der Waals surface area (Å²) in [6, 6.07) is 5.88. The molecule has 7 nitrogen and oxygen atoms in total. The maximum Gasteiger partial charge on any atom is 0.277 e. The van der Waals surface area contributed by atoms with Crippen LogP contribution in [0.3, 0.4) is 0 Å². The van der Waals surface area contributed by atoms with E-state index < -0.39 is 10.0 Å². The van der Waals surface area contributed by atoms with Gasteiger partial charge in [0.05, 0.1) is 4.90 Å². The highest BCUT2D eigenvalue weighted by atomic mass is 32.2. The zero-order chi connectivity index (χ0) is 11.6. The van der Waals surface area contributed by atoms with E-state index >= 15 is 0 Å². The highest BCUT2D eigenvalue weighted by molar-refractivity contribution is 7.92. The van der Waals surface area contributed by atoms with Gasteiger partial charge in [-0.05, 0) is 23.4 Å². The second-order valence-corrected chi connectivity index (χ2v) is 4.62. The van der Waals surface area contributed by atoms with Gasteiger partial charge in [0.1, 0.15) is 0 Å². The highest BCUT2D eigenvalue weighted by Crippen LogP contribution is 2.15. The van der Waals surface area contributed by atoms with Gasteiger partial charge < -0.3 is 10.3 Å². The van der Waals surface area contributed by atoms with E-state index in [1.165, 1.54) is 12.1 Å². The van der Waals surface area contributed by atoms with Crippen molar-refractivity contribution >= 4 is 21.7 Å². The van der Waals surface area contributed by atoms with Crippen molar-refractivity contribution in [2.24, 2.45) is 0 Å². The van der Waals surface area contributed by atoms with Crippen LogP contribution in [-0.2, 0) is 10.0 Å². The van der Waals surface area contributed by atoms with Gasteiger partial charge in [0.25, 0.3) is 16.0 Å². The molecule has 3 N–H and O–H groups in total. The van der Waals surface area contributed by atoms with Gasteiger partial charge in [-0.2, -0.15) is 4.98 Å². The molecule has 2 aromatic rings. The first-order valence-electron chi connectivity index (χ1n) is 4.23. The zero-order valence-corrected chi connectivity index (χ0v) is 8.81. The Labute approximate surface area is 91.3 Å². The summed E-state index contributed by atoms with van der Waals surface area (Å²) in [6.45, 7) is 0. The quantitative estimate of drug-likeness (QED) is 0.753. The van der Waals surface area contributed by atoms with E-state index in [1.807, 2.05) is 0 Å². The van der Waals surface area contributed by atoms with Crippen LogP contribution in [0, 0.1) is 0 Å². The number of aromatic nitrogens is 2. The number of nitrogens with zero attached hydrogens (tertiary/aromatic N) is 2. The Balaban J connectivity index is 2.33. The largest absolute Gasteiger partial charge is 0.399 e. The predicted molar refractivity (Wildman–Crippen MR) is 56.0 cm³/mol. The SMILES string of the molecule is Nc1cccc(S(=O)(=O)Nc2ncon2)c1. The Bertz CT molecular complexity index is 579. The van der Waals surface area contributed by atoms with Crippen LogP contribution in [0.4, 0.5) is 11.6 Å². The molecule has 0 radical (unpaired) electrons. The van der Waals surface area contributed by atoms with E-state index in [-0.39, 0.29) is 10.8 Å². The maximum absolute atomic E-state index is 11.8. The number of hydrogen-bond acceptors (Lipinski definition) is 6. The van der Waals surface area contributed by atoms with E-state index in [9.17, 15) is 8.42 Å². The minimum absolute atomic E-state index is 0.0392. The third kappa shape index (κ3) is 2.11. The third-order valence-electron chi connectivity index (χ3n) is 1.76. The van der Waals surface area contributed by atoms with Crippen molar-refractivity contribution in [3.63, 3.8) is 0 Å². The van der Waals surface area contributed by atoms with Gasteiger partial charge >= 0.3 is 0 Å². The molecule has 0 aliphatic heterocycles. The van der Waals surface area contributed by atoms with E-state index in [0.717, 1.165) is 6.39 Å². The average molecular weight is 240 g/mol. The monoisotopic (exact) mass is 240 g/mol. The van der Waals surface area contributed by atoms with E-state index in [1.54, 1.807) is 12.1 Å². The standard InChI is InChI=1S/C8H8N4O3S/c9-6-2-1-3-7(4-6)16(13,14)12-8-10-5-15-11-8/h1-5H,9H2,(H,11,12). The lowest BCUT2D eigenvalue weighted by molar-refractivity contribution is 0.419. The van der Waals surface area contributed by atoms with Crippen molar-refractivity contribution in [1.82, 2.24) is 10.1 Å². The molecule has 0 aliphatic rings. The van der Waals surface area contributed by atoms with Gasteiger partial charge in [-0.15, -0.1) is 0 Å². The van der Waals surface area contributed by atoms with Crippen LogP contribution >= 0.6 is 0 Å². The van der Waals surface area contributed by atoms with Crippen molar-refractivity contribution in [3.05, 3.63) is 30.7 Å². The Morgan fingerprint density at radius 2 is 2.19 bits per heavy atom. The Morgan fingerprint density at radius 1 is 1.38 bits per heavy atom. The molecule has 0 spiro atoms. The molecule has 1 aromatic heterocycles. The molecular weight excluding hydrogens is 232 g/mol. The number of anilines is 2. The molecule has 0 fully saturated rings. The van der Waals surface area contributed by atoms with Gasteiger partial charge in [-0.1, -0.05) is 6.07 Å². The van der Waals surface area contributed by atoms with Gasteiger partial charge in [0, 0.05) is 5.69 Å². The Kier molecular flexibility index (Phi) is 2.49. The van der Waals surface area contributed by atoms with Crippen LogP contribution < -0.4 is 10.5 Å². The second kappa shape index (κ2) is 3.81. The second-order valence-electron chi connectivity index (χ2n) is 2.93. The van der Waals surface area contributed by atoms with Crippen molar-refractivity contribution in [3.8, 4) is 0 Å². The van der Waals surface area contributed by atoms with Gasteiger partial charge in [-0.3, -0.25) is 0 Å². The zero-order valence-electron chi connectivity index (χ0n) is 7.99. The van der Waals surface area contributed by atoms with Crippen LogP contribution in [0.15, 0.2) is 40.1 Å². The first-order valence-corrected chi connectivity index (χ1v) is 5.71. The first-order chi connectivity index (χ1) is 7.58. The smallest absolute Gasteiger partial charge is 0.277 e. The molecular formula is C8H8N4O3S. The van der Waals surface area contributed by atoms with Crippen molar-refractivity contribution in [2.75, 3.05) is 10.5 Å². The van der Waals surface area contributed by atoms with Crippen LogP contribution in [-0.4, -0.2) is 18.6 Å². The van der Waals surface area contributed by atoms with Gasteiger partial charge in [-0.25, -0.2) is 13.1 Å². The van der Waals surface area contributed by atoms with Gasteiger partial charge in [0.2, 0.25) is 6.39 Å². The molecule has 8 heteroatoms. The molecule has 0 atom stereocenters. The number of nitrogen functional groups attached to an aromatic ring is 1. The van der Waals surface area contributed by atoms with Crippen molar-refractivity contribution in [1.29, 1.82) is 0 Å². The number of nitrogens with one attached hydrogen (secondary N) is 1. The van der Waals surface area contributed by atoms with E-state index in [0.29, 0.717) is 5.69 Å². The maximum atomic E-state index is 11.8. The lowest BCUT2D eigenvalue weighted by Gasteiger charge is -2.04. The summed E-state index contributed by atoms with van der Waals surface area (Å²) in [5, 5.41) is 3.34. The number of rotatable bonds is 3. The molecule has 0 unspecified atom stereocenters. The molecule has 0 amide bonds. The minimum atomic E-state index is -3.72. The summed E-state index contributed by atoms with van der Waals surface area (Å²) in [5.74, 6) is -0.123. The summed E-state index contributed by atoms with van der Waals surface area (Å²) in [7, 11) is -3.72. The topological polar surface area (TPSA) is 111 Å². The Morgan fingerprint density at radius 3 is 2.81 bits per heavy atom. The summed E-state index contributed by atoms with van der Waals surface area (Å²) in [5.41, 5.74) is 5.84. The number of nitrogens with two attached hydrogens (primary N) is 1. The number of sulfonamides is 1. The fourth-order valence-corrected chi connectivity index (χ4v) is 2.07. The number of benzene rings is 1. The highest BCUT2D eigenvalue weighted by Gasteiger charge is 2.16. The number of hydrogen-bond donors (Lipinski definition) is 2. The fourth-order valence-electron chi connectivity index (χ4n) is 1.08. The van der Waals surface area contributed by atoms with Crippen molar-refractivity contribution in [2.45, 2.75) is 4.90 Å². The molecule has 1 aromatic carbocycles. The molecule has 2 rings (SSSR count). The lowest BCUT2D eigenvalue weighted by atomic mass is 10.3. The van der Waals surface area contributed by atoms with Crippen LogP contribution in [0.1, 0.15) is 0 Å². The Hall–Kier alpha value is -2.09. The van der Waals surface area contributed by atoms with Crippen LogP contribution in [0.25, 0.3) is 0 Å². The summed E-state index contributed by atoms with van der Waals surface area (Å²) in [4.78, 5) is 3.59. The molecule has 16 heavy (non-hydrogen) atoms. The minimum Gasteiger partial charge on any atom is -0.399 e. The molecule has 0 bridgehead atoms. The molecule has 84 valence electrons. The molecule has 1 heterocycles. The summed E-state index contributed by atoms with van der Waals surface area (Å²) >= 11 is 0. The summed E-state index contributed by atoms with van der Waals surface area (Å²) in [6.07, 6.45) is 1.03. The van der Waals surface area contributed by atoms with Crippen LogP contribution in [0.2, 0.25) is 0 Å². The van der Waals surface area contributed by atoms with Crippen molar-refractivity contribution < 1.29 is 12.9 Å². The van der Waals surface area contributed by atoms with E-state index in [2.05, 4.69) is 19.4 Å². The normalized spacial score (nSPS) is 11.2. The fraction of sp³-hybridized carbons (Fsp3) is 0. The van der Waals surface area contributed by atoms with Crippen LogP contribution in [0.5, 0.6) is 0 Å². The molecule has 0 aliphatic carbocycles. The first kappa shape index (κ1) is 10.4. The average Bonchev–Trinajstić information content (AvgIpc) is 2.70. The predicted octanol–water partition coefficient (Wildman–Crippen LogP) is 0.453. The summed E-state index contributed by atoms with van der Waals surface area (Å²) < 4.78 is 30.1. The third-order valence-corrected chi connectivity index (χ3v) is 3.08. The van der Waals surface area contributed by atoms with Gasteiger partial charge in [0.15, 0.2) is 0 Å². The molecule has 0 saturated carbocycles. The molecule has 0 saturated heterocycles. The lowest BCUT2D eigenvalue weighted by Crippen LogP contribution is -2.14. The van der Waals surface area contributed by atoms with E-state index in [4.69, 9.17) is 5.73 Å².